The van der Waals surface area contributed by atoms with Crippen LogP contribution in [0.25, 0.3) is 5.76 Å². The van der Waals surface area contributed by atoms with Crippen LogP contribution < -0.4 is 85.3 Å². The molecule has 352 valence electrons. The summed E-state index contributed by atoms with van der Waals surface area (Å²) in [6, 6.07) is 3.02. The van der Waals surface area contributed by atoms with E-state index in [9.17, 15) is 84.3 Å². The number of phenols is 1. The third-order valence-corrected chi connectivity index (χ3v) is 10.6. The number of phenolic OH excluding ortho intramolecular Hbond substituents is 1. The van der Waals surface area contributed by atoms with Gasteiger partial charge in [-0.15, -0.1) is 0 Å². The van der Waals surface area contributed by atoms with Crippen molar-refractivity contribution in [3.8, 4) is 5.75 Å². The molecular weight excluding hydrogens is 950 g/mol. The second-order valence-electron chi connectivity index (χ2n) is 15.2. The number of carboxylic acids is 4. The van der Waals surface area contributed by atoms with E-state index in [1.165, 1.54) is 44.1 Å². The van der Waals surface area contributed by atoms with Crippen LogP contribution in [0.4, 0.5) is 0 Å². The fourth-order valence-electron chi connectivity index (χ4n) is 7.77. The van der Waals surface area contributed by atoms with Gasteiger partial charge < -0.3 is 96.0 Å². The summed E-state index contributed by atoms with van der Waals surface area (Å²) in [5.74, 6) is -16.8. The van der Waals surface area contributed by atoms with Gasteiger partial charge in [0.25, 0.3) is 5.91 Å². The Morgan fingerprint density at radius 2 is 1.30 bits per heavy atom. The van der Waals surface area contributed by atoms with Crippen LogP contribution in [0.1, 0.15) is 24.5 Å². The first-order valence-electron chi connectivity index (χ1n) is 18.6. The number of carbonyl (C=O) groups excluding carboxylic acids is 8. The summed E-state index contributed by atoms with van der Waals surface area (Å²) >= 11 is 0. The zero-order valence-electron chi connectivity index (χ0n) is 36.7. The van der Waals surface area contributed by atoms with Crippen molar-refractivity contribution in [1.82, 2.24) is 14.7 Å². The number of carbonyl (C=O) groups is 8. The summed E-state index contributed by atoms with van der Waals surface area (Å²) in [5, 5.41) is 132. The number of aliphatic carboxylic acids is 4. The fraction of sp³-hybridized carbons (Fsp3) is 0.474. The molecule has 0 saturated heterocycles. The van der Waals surface area contributed by atoms with Crippen LogP contribution in [0, 0.1) is 11.8 Å². The normalized spacial score (nSPS) is 24.2. The second kappa shape index (κ2) is 26.0. The average molecular weight is 995 g/mol. The van der Waals surface area contributed by atoms with Gasteiger partial charge in [-0.2, -0.15) is 0 Å². The Balaban J connectivity index is 0.00000107. The van der Waals surface area contributed by atoms with Crippen molar-refractivity contribution in [1.29, 1.82) is 0 Å². The standard InChI is InChI=1S/C22H24N2O8.C10H16N2O8.C6H8O6.Ca.2Na/c1-21(31)8-5-4-6-11(25)12(8)16(26)13-9(21)7-10-15(24(2)3)17(27)14(20(23)30)19(29)22(10,32)18(13)28;13-7(14)3-11(4-8(15)16)1-2-12(5-9(17)18)6-10(19)20;7-1-2(8)5-3(9)4(10)6(11)12-5;;;/h4-6,9-10,15,25-26,29,31-32H,7H2,1-3H3,(H2,23,30);1-6H2,(H,13,14)(H,15,16)(H,17,18)(H,19,20);2,5,7-10H,1H2;;;/q;;;+2;2*+1/p-4/t9-,10-,15-,21+,22-;;2-,5+;;;/m0.0.../s1. The maximum Gasteiger partial charge on any atom is 2.00 e. The molecule has 4 aliphatic rings. The Kier molecular flexibility index (Phi) is 24.7. The molecule has 67 heavy (non-hydrogen) atoms. The van der Waals surface area contributed by atoms with E-state index in [0.29, 0.717) is 0 Å². The van der Waals surface area contributed by atoms with Crippen molar-refractivity contribution in [3.05, 3.63) is 57.7 Å². The van der Waals surface area contributed by atoms with E-state index in [2.05, 4.69) is 4.74 Å². The molecule has 1 saturated carbocycles. The molecule has 29 heteroatoms. The minimum absolute atomic E-state index is 0. The maximum atomic E-state index is 13.7. The molecule has 3 aliphatic carbocycles. The Bertz CT molecular complexity index is 2130. The fourth-order valence-corrected chi connectivity index (χ4v) is 7.77. The van der Waals surface area contributed by atoms with Crippen molar-refractivity contribution < 1.29 is 169 Å². The summed E-state index contributed by atoms with van der Waals surface area (Å²) in [4.78, 5) is 93.9. The number of fused-ring (bicyclic) bond motifs is 3. The summed E-state index contributed by atoms with van der Waals surface area (Å²) in [7, 11) is 3.01. The van der Waals surface area contributed by atoms with Gasteiger partial charge in [-0.3, -0.25) is 29.1 Å². The maximum absolute atomic E-state index is 13.7. The minimum Gasteiger partial charge on any atom is -0.549 e. The number of rotatable bonds is 15. The molecule has 7 atom stereocenters. The number of likely N-dealkylation sites (N-methyl/N-ethyl adjacent to an activating group) is 1. The topological polar surface area (TPSA) is 456 Å². The number of nitrogens with two attached hydrogens (primary N) is 1. The molecule has 1 aromatic rings. The van der Waals surface area contributed by atoms with Crippen LogP contribution in [0.5, 0.6) is 5.75 Å². The SMILES string of the molecule is CN(C)[C@@H]1C(=O)C(C(N)=O)=C(O)[C@@]2(O)C(=O)C3=C(O)c4c(O)cccc4[C@@](C)(O)[C@H]3C[C@@H]12.O=C([O-])CN(CCN(CC(=O)[O-])CC(=O)[O-])CC(=O)[O-].O=C1O[C@H]([C@@H](O)CO)C(O)=C1O.[Ca+2].[Na+].[Na+]. The van der Waals surface area contributed by atoms with Crippen molar-refractivity contribution in [2.45, 2.75) is 42.8 Å². The molecule has 0 bridgehead atoms. The van der Waals surface area contributed by atoms with Crippen LogP contribution in [0.2, 0.25) is 0 Å². The Morgan fingerprint density at radius 3 is 1.67 bits per heavy atom. The Morgan fingerprint density at radius 1 is 0.836 bits per heavy atom. The molecule has 1 aliphatic heterocycles. The van der Waals surface area contributed by atoms with Crippen LogP contribution in [0.3, 0.4) is 0 Å². The van der Waals surface area contributed by atoms with Crippen molar-refractivity contribution in [2.24, 2.45) is 17.6 Å². The number of hydrogen-bond donors (Lipinski definition) is 10. The van der Waals surface area contributed by atoms with Gasteiger partial charge in [-0.25, -0.2) is 4.79 Å². The Labute approximate surface area is 453 Å². The molecule has 1 heterocycles. The number of aliphatic hydroxyl groups excluding tert-OH is 6. The van der Waals surface area contributed by atoms with Crippen molar-refractivity contribution >= 4 is 90.8 Å². The number of esters is 1. The van der Waals surface area contributed by atoms with Crippen molar-refractivity contribution in [2.75, 3.05) is 60.0 Å². The molecule has 26 nitrogen and oxygen atoms in total. The van der Waals surface area contributed by atoms with Crippen LogP contribution >= 0.6 is 0 Å². The number of ketones is 2. The smallest absolute Gasteiger partial charge is 0.549 e. The molecule has 0 unspecified atom stereocenters. The largest absolute Gasteiger partial charge is 2.00 e. The molecule has 11 N–H and O–H groups in total. The number of hydrogen-bond acceptors (Lipinski definition) is 25. The number of carboxylic acid groups (broad SMARTS) is 4. The van der Waals surface area contributed by atoms with E-state index >= 15 is 0 Å². The van der Waals surface area contributed by atoms with E-state index in [0.717, 1.165) is 9.80 Å². The van der Waals surface area contributed by atoms with Crippen LogP contribution in [-0.4, -0.2) is 230 Å². The molecule has 1 aromatic carbocycles. The quantitative estimate of drug-likeness (QED) is 0.0443. The number of amides is 1. The van der Waals surface area contributed by atoms with E-state index in [4.69, 9.17) is 26.2 Å². The van der Waals surface area contributed by atoms with Gasteiger partial charge in [0.1, 0.15) is 28.9 Å². The molecule has 5 rings (SSSR count). The van der Waals surface area contributed by atoms with Gasteiger partial charge in [0.15, 0.2) is 23.2 Å². The van der Waals surface area contributed by atoms with E-state index in [1.807, 2.05) is 0 Å². The zero-order chi connectivity index (χ0) is 48.9. The predicted octanol–water partition coefficient (Wildman–Crippen LogP) is -15.6. The van der Waals surface area contributed by atoms with E-state index < -0.39 is 161 Å². The van der Waals surface area contributed by atoms with E-state index in [-0.39, 0.29) is 127 Å². The van der Waals surface area contributed by atoms with Crippen molar-refractivity contribution in [3.63, 3.8) is 0 Å². The van der Waals surface area contributed by atoms with Gasteiger partial charge in [-0.1, -0.05) is 12.1 Å². The number of ether oxygens (including phenoxy) is 1. The monoisotopic (exact) mass is 994 g/mol. The summed E-state index contributed by atoms with van der Waals surface area (Å²) < 4.78 is 4.32. The third-order valence-electron chi connectivity index (χ3n) is 10.6. The first kappa shape index (κ1) is 63.6. The Hall–Kier alpha value is -3.42. The first-order valence-corrected chi connectivity index (χ1v) is 18.6. The second-order valence-corrected chi connectivity index (χ2v) is 15.2. The van der Waals surface area contributed by atoms with Gasteiger partial charge in [-0.05, 0) is 39.1 Å². The molecule has 1 fully saturated rings. The van der Waals surface area contributed by atoms with E-state index in [1.54, 1.807) is 0 Å². The predicted molar refractivity (Wildman–Crippen MR) is 204 cm³/mol. The van der Waals surface area contributed by atoms with Gasteiger partial charge in [0.05, 0.1) is 47.7 Å². The summed E-state index contributed by atoms with van der Waals surface area (Å²) in [5.41, 5.74) is -0.548. The number of Topliss-reactive ketones (excluding diaryl/α,β-unsaturated/α-hetero) is 2. The number of nitrogens with zero attached hydrogens (tertiary/aromatic N) is 3. The minimum atomic E-state index is -2.75. The number of primary amides is 1. The van der Waals surface area contributed by atoms with Crippen LogP contribution in [0.15, 0.2) is 46.6 Å². The average Bonchev–Trinajstić information content (AvgIpc) is 3.43. The summed E-state index contributed by atoms with van der Waals surface area (Å²) in [6.45, 7) is -2.52. The molecule has 0 spiro atoms. The number of aromatic hydroxyl groups is 1. The number of cyclic esters (lactones) is 1. The molecule has 1 amide bonds. The summed E-state index contributed by atoms with van der Waals surface area (Å²) in [6.07, 6.45) is -2.98. The van der Waals surface area contributed by atoms with Crippen LogP contribution in [-0.2, 0) is 48.7 Å². The molecular formula is C38H44CaN4Na2O22. The van der Waals surface area contributed by atoms with Gasteiger partial charge in [0, 0.05) is 56.7 Å². The zero-order valence-corrected chi connectivity index (χ0v) is 42.9. The molecule has 0 aromatic heterocycles. The molecule has 0 radical (unpaired) electrons. The van der Waals surface area contributed by atoms with Gasteiger partial charge >= 0.3 is 103 Å². The third kappa shape index (κ3) is 14.1. The van der Waals surface area contributed by atoms with Gasteiger partial charge in [0.2, 0.25) is 11.5 Å². The first-order chi connectivity index (χ1) is 29.5. The number of benzene rings is 1. The number of aliphatic hydroxyl groups is 8.